The Kier molecular flexibility index (Phi) is 5.71. The number of methoxy groups -OCH3 is 1. The summed E-state index contributed by atoms with van der Waals surface area (Å²) in [6.45, 7) is -1.41. The van der Waals surface area contributed by atoms with Gasteiger partial charge in [-0.2, -0.15) is 13.2 Å². The van der Waals surface area contributed by atoms with Crippen LogP contribution in [0.4, 0.5) is 13.2 Å². The van der Waals surface area contributed by atoms with Crippen LogP contribution in [-0.2, 0) is 4.79 Å². The zero-order valence-electron chi connectivity index (χ0n) is 13.6. The molecule has 0 radical (unpaired) electrons. The van der Waals surface area contributed by atoms with Gasteiger partial charge in [0, 0.05) is 6.54 Å². The number of likely N-dealkylation sites (tertiary alicyclic amines) is 1. The number of ether oxygens (including phenoxy) is 1. The third-order valence-electron chi connectivity index (χ3n) is 4.30. The molecule has 1 N–H and O–H groups in total. The third kappa shape index (κ3) is 4.18. The van der Waals surface area contributed by atoms with E-state index < -0.39 is 30.7 Å². The lowest BCUT2D eigenvalue weighted by Crippen LogP contribution is -2.44. The van der Waals surface area contributed by atoms with Gasteiger partial charge < -0.3 is 14.7 Å². The van der Waals surface area contributed by atoms with E-state index in [1.54, 1.807) is 36.2 Å². The van der Waals surface area contributed by atoms with E-state index in [4.69, 9.17) is 4.74 Å². The first kappa shape index (κ1) is 18.5. The monoisotopic (exact) mass is 346 g/mol. The second kappa shape index (κ2) is 7.40. The first-order chi connectivity index (χ1) is 11.3. The van der Waals surface area contributed by atoms with Gasteiger partial charge in [0.15, 0.2) is 0 Å². The Morgan fingerprint density at radius 3 is 2.50 bits per heavy atom. The van der Waals surface area contributed by atoms with Crippen molar-refractivity contribution in [3.63, 3.8) is 0 Å². The van der Waals surface area contributed by atoms with E-state index in [-0.39, 0.29) is 13.2 Å². The van der Waals surface area contributed by atoms with Crippen LogP contribution in [-0.4, -0.2) is 66.9 Å². The highest BCUT2D eigenvalue weighted by Crippen LogP contribution is 2.29. The first-order valence-corrected chi connectivity index (χ1v) is 7.59. The van der Waals surface area contributed by atoms with Crippen LogP contribution in [0.5, 0.6) is 5.75 Å². The van der Waals surface area contributed by atoms with Crippen LogP contribution >= 0.6 is 0 Å². The van der Waals surface area contributed by atoms with Crippen LogP contribution in [0.25, 0.3) is 0 Å². The number of benzene rings is 1. The molecule has 0 aromatic heterocycles. The number of aliphatic hydroxyl groups excluding tert-OH is 1. The summed E-state index contributed by atoms with van der Waals surface area (Å²) in [6, 6.07) is 5.85. The summed E-state index contributed by atoms with van der Waals surface area (Å²) in [5.74, 6) is 0.105. The smallest absolute Gasteiger partial charge is 0.406 e. The molecule has 1 aromatic rings. The zero-order chi connectivity index (χ0) is 17.9. The lowest BCUT2D eigenvalue weighted by atomic mass is 10.0. The second-order valence-electron chi connectivity index (χ2n) is 5.82. The van der Waals surface area contributed by atoms with Crippen molar-refractivity contribution in [3.8, 4) is 5.75 Å². The van der Waals surface area contributed by atoms with Gasteiger partial charge in [0.05, 0.1) is 25.8 Å². The standard InChI is InChI=1S/C16H21F3N2O3/c1-20(13-7-8-21(15(13)23)10-16(17,18)19)14(9-22)11-3-5-12(24-2)6-4-11/h3-6,13-14,22H,7-10H2,1-2H3. The number of hydrogen-bond acceptors (Lipinski definition) is 4. The molecule has 8 heteroatoms. The topological polar surface area (TPSA) is 53.0 Å². The molecule has 0 aliphatic carbocycles. The van der Waals surface area contributed by atoms with Gasteiger partial charge in [-0.05, 0) is 31.2 Å². The number of rotatable bonds is 6. The Balaban J connectivity index is 2.10. The molecule has 2 atom stereocenters. The van der Waals surface area contributed by atoms with Crippen LogP contribution in [0.15, 0.2) is 24.3 Å². The van der Waals surface area contributed by atoms with Crippen molar-refractivity contribution in [1.29, 1.82) is 0 Å². The summed E-state index contributed by atoms with van der Waals surface area (Å²) in [6.07, 6.45) is -4.10. The number of carbonyl (C=O) groups excluding carboxylic acids is 1. The van der Waals surface area contributed by atoms with Crippen LogP contribution < -0.4 is 4.74 Å². The van der Waals surface area contributed by atoms with Crippen molar-refractivity contribution >= 4 is 5.91 Å². The van der Waals surface area contributed by atoms with Gasteiger partial charge in [0.2, 0.25) is 5.91 Å². The summed E-state index contributed by atoms with van der Waals surface area (Å²) in [7, 11) is 3.18. The number of alkyl halides is 3. The first-order valence-electron chi connectivity index (χ1n) is 7.59. The predicted octanol–water partition coefficient (Wildman–Crippen LogP) is 1.82. The summed E-state index contributed by atoms with van der Waals surface area (Å²) in [5, 5.41) is 9.70. The number of aliphatic hydroxyl groups is 1. The molecule has 1 aliphatic rings. The van der Waals surface area contributed by atoms with Crippen molar-refractivity contribution in [3.05, 3.63) is 29.8 Å². The van der Waals surface area contributed by atoms with E-state index >= 15 is 0 Å². The Morgan fingerprint density at radius 2 is 2.00 bits per heavy atom. The quantitative estimate of drug-likeness (QED) is 0.854. The number of carbonyl (C=O) groups is 1. The minimum absolute atomic E-state index is 0.0636. The number of nitrogens with zero attached hydrogens (tertiary/aromatic N) is 2. The maximum Gasteiger partial charge on any atom is 0.406 e. The molecule has 0 spiro atoms. The van der Waals surface area contributed by atoms with Crippen LogP contribution in [0.2, 0.25) is 0 Å². The Morgan fingerprint density at radius 1 is 1.38 bits per heavy atom. The molecule has 24 heavy (non-hydrogen) atoms. The molecule has 1 saturated heterocycles. The average Bonchev–Trinajstić information content (AvgIpc) is 2.88. The van der Waals surface area contributed by atoms with Crippen molar-refractivity contribution in [2.45, 2.75) is 24.7 Å². The highest BCUT2D eigenvalue weighted by molar-refractivity contribution is 5.84. The zero-order valence-corrected chi connectivity index (χ0v) is 13.6. The molecule has 1 amide bonds. The van der Waals surface area contributed by atoms with E-state index in [0.717, 1.165) is 10.5 Å². The average molecular weight is 346 g/mol. The van der Waals surface area contributed by atoms with Gasteiger partial charge in [0.1, 0.15) is 12.3 Å². The normalized spacial score (nSPS) is 19.9. The van der Waals surface area contributed by atoms with Crippen molar-refractivity contribution in [2.75, 3.05) is 33.9 Å². The molecule has 1 aromatic carbocycles. The van der Waals surface area contributed by atoms with Crippen LogP contribution in [0.1, 0.15) is 18.0 Å². The molecule has 2 unspecified atom stereocenters. The molecule has 1 aliphatic heterocycles. The van der Waals surface area contributed by atoms with Crippen molar-refractivity contribution in [2.24, 2.45) is 0 Å². The summed E-state index contributed by atoms with van der Waals surface area (Å²) in [4.78, 5) is 14.7. The number of hydrogen-bond donors (Lipinski definition) is 1. The minimum atomic E-state index is -4.41. The number of halogens is 3. The largest absolute Gasteiger partial charge is 0.497 e. The third-order valence-corrected chi connectivity index (χ3v) is 4.30. The Bertz CT molecular complexity index is 563. The lowest BCUT2D eigenvalue weighted by Gasteiger charge is -2.31. The van der Waals surface area contributed by atoms with Crippen LogP contribution in [0.3, 0.4) is 0 Å². The molecular weight excluding hydrogens is 325 g/mol. The predicted molar refractivity (Wildman–Crippen MR) is 81.6 cm³/mol. The lowest BCUT2D eigenvalue weighted by molar-refractivity contribution is -0.159. The SMILES string of the molecule is COc1ccc(C(CO)N(C)C2CCN(CC(F)(F)F)C2=O)cc1. The summed E-state index contributed by atoms with van der Waals surface area (Å²) in [5.41, 5.74) is 0.767. The van der Waals surface area contributed by atoms with Crippen LogP contribution in [0, 0.1) is 0 Å². The maximum atomic E-state index is 12.5. The summed E-state index contributed by atoms with van der Waals surface area (Å²) < 4.78 is 42.6. The van der Waals surface area contributed by atoms with Crippen molar-refractivity contribution < 1.29 is 27.8 Å². The fourth-order valence-corrected chi connectivity index (χ4v) is 2.99. The molecule has 0 bridgehead atoms. The fraction of sp³-hybridized carbons (Fsp3) is 0.562. The van der Waals surface area contributed by atoms with E-state index in [1.165, 1.54) is 7.11 Å². The maximum absolute atomic E-state index is 12.5. The fourth-order valence-electron chi connectivity index (χ4n) is 2.99. The second-order valence-corrected chi connectivity index (χ2v) is 5.82. The number of likely N-dealkylation sites (N-methyl/N-ethyl adjacent to an activating group) is 1. The van der Waals surface area contributed by atoms with E-state index in [1.807, 2.05) is 0 Å². The van der Waals surface area contributed by atoms with E-state index in [0.29, 0.717) is 12.2 Å². The van der Waals surface area contributed by atoms with Gasteiger partial charge in [-0.1, -0.05) is 12.1 Å². The van der Waals surface area contributed by atoms with Gasteiger partial charge in [-0.15, -0.1) is 0 Å². The summed E-state index contributed by atoms with van der Waals surface area (Å²) >= 11 is 0. The molecule has 1 fully saturated rings. The molecule has 0 saturated carbocycles. The highest BCUT2D eigenvalue weighted by Gasteiger charge is 2.42. The Hall–Kier alpha value is -1.80. The van der Waals surface area contributed by atoms with Crippen molar-refractivity contribution in [1.82, 2.24) is 9.80 Å². The van der Waals surface area contributed by atoms with Gasteiger partial charge >= 0.3 is 6.18 Å². The molecular formula is C16H21F3N2O3. The molecule has 5 nitrogen and oxygen atoms in total. The van der Waals surface area contributed by atoms with Gasteiger partial charge in [-0.25, -0.2) is 0 Å². The van der Waals surface area contributed by atoms with Gasteiger partial charge in [-0.3, -0.25) is 9.69 Å². The molecule has 134 valence electrons. The molecule has 1 heterocycles. The molecule has 2 rings (SSSR count). The Labute approximate surface area is 138 Å². The van der Waals surface area contributed by atoms with E-state index in [2.05, 4.69) is 0 Å². The minimum Gasteiger partial charge on any atom is -0.497 e. The van der Waals surface area contributed by atoms with Gasteiger partial charge in [0.25, 0.3) is 0 Å². The number of amides is 1. The van der Waals surface area contributed by atoms with E-state index in [9.17, 15) is 23.1 Å². The highest BCUT2D eigenvalue weighted by atomic mass is 19.4.